The molecule has 2 rings (SSSR count). The molecule has 1 N–H and O–H groups in total. The molecule has 0 amide bonds. The van der Waals surface area contributed by atoms with Gasteiger partial charge in [-0.15, -0.1) is 0 Å². The second kappa shape index (κ2) is 5.71. The Morgan fingerprint density at radius 3 is 3.00 bits per heavy atom. The Kier molecular flexibility index (Phi) is 4.23. The lowest BCUT2D eigenvalue weighted by molar-refractivity contribution is -0.384. The highest BCUT2D eigenvalue weighted by Crippen LogP contribution is 2.32. The van der Waals surface area contributed by atoms with Crippen LogP contribution in [0.25, 0.3) is 0 Å². The molecule has 0 bridgehead atoms. The van der Waals surface area contributed by atoms with E-state index in [0.29, 0.717) is 5.25 Å². The van der Waals surface area contributed by atoms with Crippen molar-refractivity contribution in [2.24, 2.45) is 0 Å². The smallest absolute Gasteiger partial charge is 0.329 e. The molecule has 0 saturated heterocycles. The van der Waals surface area contributed by atoms with Crippen LogP contribution in [-0.2, 0) is 0 Å². The standard InChI is InChI=1S/C10H13ClN4O2S/c1-18-7-3-2-6(4-7)13-9-8(15(16)17)5-12-10(11)14-9/h5-7H,2-4H2,1H3,(H,12,13,14). The molecular formula is C10H13ClN4O2S. The molecule has 8 heteroatoms. The number of nitro groups is 1. The molecule has 2 unspecified atom stereocenters. The molecule has 0 radical (unpaired) electrons. The number of aromatic nitrogens is 2. The van der Waals surface area contributed by atoms with Crippen molar-refractivity contribution in [2.45, 2.75) is 30.6 Å². The fourth-order valence-electron chi connectivity index (χ4n) is 2.07. The summed E-state index contributed by atoms with van der Waals surface area (Å²) in [7, 11) is 0. The van der Waals surface area contributed by atoms with Crippen molar-refractivity contribution in [3.05, 3.63) is 21.6 Å². The molecule has 1 saturated carbocycles. The van der Waals surface area contributed by atoms with Crippen LogP contribution < -0.4 is 5.32 Å². The Bertz CT molecular complexity index is 460. The average Bonchev–Trinajstić information content (AvgIpc) is 2.76. The van der Waals surface area contributed by atoms with Crippen molar-refractivity contribution in [3.8, 4) is 0 Å². The minimum atomic E-state index is -0.500. The second-order valence-electron chi connectivity index (χ2n) is 4.14. The van der Waals surface area contributed by atoms with Crippen LogP contribution in [0.3, 0.4) is 0 Å². The van der Waals surface area contributed by atoms with Crippen LogP contribution in [0.4, 0.5) is 11.5 Å². The van der Waals surface area contributed by atoms with Crippen LogP contribution in [0.5, 0.6) is 0 Å². The molecule has 0 spiro atoms. The van der Waals surface area contributed by atoms with E-state index in [4.69, 9.17) is 11.6 Å². The van der Waals surface area contributed by atoms with Crippen LogP contribution in [0, 0.1) is 10.1 Å². The highest BCUT2D eigenvalue weighted by Gasteiger charge is 2.27. The number of hydrogen-bond donors (Lipinski definition) is 1. The predicted molar refractivity (Wildman–Crippen MR) is 72.3 cm³/mol. The van der Waals surface area contributed by atoms with Crippen molar-refractivity contribution < 1.29 is 4.92 Å². The van der Waals surface area contributed by atoms with Crippen LogP contribution in [0.15, 0.2) is 6.20 Å². The van der Waals surface area contributed by atoms with Crippen LogP contribution >= 0.6 is 23.4 Å². The number of rotatable bonds is 4. The molecule has 0 aliphatic heterocycles. The van der Waals surface area contributed by atoms with E-state index in [9.17, 15) is 10.1 Å². The molecule has 18 heavy (non-hydrogen) atoms. The number of nitrogens with zero attached hydrogens (tertiary/aromatic N) is 3. The summed E-state index contributed by atoms with van der Waals surface area (Å²) in [4.78, 5) is 17.9. The largest absolute Gasteiger partial charge is 0.361 e. The second-order valence-corrected chi connectivity index (χ2v) is 5.62. The van der Waals surface area contributed by atoms with Gasteiger partial charge in [-0.25, -0.2) is 4.98 Å². The maximum atomic E-state index is 10.9. The van der Waals surface area contributed by atoms with Crippen molar-refractivity contribution in [3.63, 3.8) is 0 Å². The van der Waals surface area contributed by atoms with E-state index in [1.54, 1.807) is 0 Å². The summed E-state index contributed by atoms with van der Waals surface area (Å²) in [5, 5.41) is 14.6. The van der Waals surface area contributed by atoms with Crippen molar-refractivity contribution >= 4 is 34.9 Å². The zero-order valence-corrected chi connectivity index (χ0v) is 11.4. The zero-order valence-electron chi connectivity index (χ0n) is 9.80. The number of thioether (sulfide) groups is 1. The van der Waals surface area contributed by atoms with E-state index < -0.39 is 4.92 Å². The van der Waals surface area contributed by atoms with Crippen molar-refractivity contribution in [2.75, 3.05) is 11.6 Å². The number of anilines is 1. The van der Waals surface area contributed by atoms with Crippen LogP contribution in [0.1, 0.15) is 19.3 Å². The first-order chi connectivity index (χ1) is 8.60. The third-order valence-corrected chi connectivity index (χ3v) is 4.27. The molecule has 1 fully saturated rings. The Morgan fingerprint density at radius 1 is 1.61 bits per heavy atom. The van der Waals surface area contributed by atoms with Gasteiger partial charge >= 0.3 is 5.69 Å². The predicted octanol–water partition coefficient (Wildman–Crippen LogP) is 2.73. The molecule has 1 aromatic rings. The lowest BCUT2D eigenvalue weighted by Gasteiger charge is -2.13. The fraction of sp³-hybridized carbons (Fsp3) is 0.600. The van der Waals surface area contributed by atoms with Gasteiger partial charge < -0.3 is 5.32 Å². The van der Waals surface area contributed by atoms with Gasteiger partial charge in [-0.1, -0.05) is 0 Å². The molecule has 1 aliphatic carbocycles. The third kappa shape index (κ3) is 3.02. The normalized spacial score (nSPS) is 23.0. The summed E-state index contributed by atoms with van der Waals surface area (Å²) < 4.78 is 0. The number of halogens is 1. The highest BCUT2D eigenvalue weighted by molar-refractivity contribution is 7.99. The summed E-state index contributed by atoms with van der Waals surface area (Å²) in [5.41, 5.74) is -0.132. The van der Waals surface area contributed by atoms with Gasteiger partial charge in [0.2, 0.25) is 11.1 Å². The lowest BCUT2D eigenvalue weighted by atomic mass is 10.2. The first-order valence-electron chi connectivity index (χ1n) is 5.56. The molecule has 1 heterocycles. The van der Waals surface area contributed by atoms with Crippen LogP contribution in [0.2, 0.25) is 5.28 Å². The van der Waals surface area contributed by atoms with Crippen molar-refractivity contribution in [1.82, 2.24) is 9.97 Å². The number of hydrogen-bond acceptors (Lipinski definition) is 6. The highest BCUT2D eigenvalue weighted by atomic mass is 35.5. The van der Waals surface area contributed by atoms with Crippen molar-refractivity contribution in [1.29, 1.82) is 0 Å². The van der Waals surface area contributed by atoms with E-state index in [-0.39, 0.29) is 22.8 Å². The van der Waals surface area contributed by atoms with Gasteiger partial charge in [-0.3, -0.25) is 10.1 Å². The first kappa shape index (κ1) is 13.4. The topological polar surface area (TPSA) is 81.0 Å². The Balaban J connectivity index is 2.13. The molecule has 6 nitrogen and oxygen atoms in total. The third-order valence-electron chi connectivity index (χ3n) is 3.00. The molecular weight excluding hydrogens is 276 g/mol. The van der Waals surface area contributed by atoms with Gasteiger partial charge in [0.15, 0.2) is 0 Å². The summed E-state index contributed by atoms with van der Waals surface area (Å²) >= 11 is 7.50. The van der Waals surface area contributed by atoms with E-state index in [1.807, 2.05) is 11.8 Å². The maximum absolute atomic E-state index is 10.9. The average molecular weight is 289 g/mol. The molecule has 1 aromatic heterocycles. The fourth-order valence-corrected chi connectivity index (χ4v) is 3.00. The summed E-state index contributed by atoms with van der Waals surface area (Å²) in [6.45, 7) is 0. The van der Waals surface area contributed by atoms with E-state index >= 15 is 0 Å². The van der Waals surface area contributed by atoms with Gasteiger partial charge in [0.1, 0.15) is 6.20 Å². The molecule has 1 aliphatic rings. The monoisotopic (exact) mass is 288 g/mol. The first-order valence-corrected chi connectivity index (χ1v) is 7.23. The Morgan fingerprint density at radius 2 is 2.39 bits per heavy atom. The van der Waals surface area contributed by atoms with Gasteiger partial charge in [0.25, 0.3) is 0 Å². The SMILES string of the molecule is CSC1CCC(Nc2nc(Cl)ncc2[N+](=O)[O-])C1. The zero-order chi connectivity index (χ0) is 13.1. The van der Waals surface area contributed by atoms with Gasteiger partial charge in [-0.05, 0) is 37.1 Å². The minimum absolute atomic E-state index is 0.0162. The molecule has 2 atom stereocenters. The summed E-state index contributed by atoms with van der Waals surface area (Å²) in [6.07, 6.45) is 6.31. The van der Waals surface area contributed by atoms with Gasteiger partial charge in [-0.2, -0.15) is 16.7 Å². The Labute approximate surface area is 114 Å². The van der Waals surface area contributed by atoms with Gasteiger partial charge in [0, 0.05) is 11.3 Å². The van der Waals surface area contributed by atoms with E-state index in [2.05, 4.69) is 21.5 Å². The van der Waals surface area contributed by atoms with E-state index in [1.165, 1.54) is 0 Å². The Hall–Kier alpha value is -1.08. The quantitative estimate of drug-likeness (QED) is 0.521. The number of nitrogens with one attached hydrogen (secondary N) is 1. The lowest BCUT2D eigenvalue weighted by Crippen LogP contribution is -2.18. The minimum Gasteiger partial charge on any atom is -0.361 e. The maximum Gasteiger partial charge on any atom is 0.329 e. The van der Waals surface area contributed by atoms with Crippen LogP contribution in [-0.4, -0.2) is 32.4 Å². The molecule has 0 aromatic carbocycles. The van der Waals surface area contributed by atoms with E-state index in [0.717, 1.165) is 25.5 Å². The summed E-state index contributed by atoms with van der Waals surface area (Å²) in [6, 6.07) is 0.215. The van der Waals surface area contributed by atoms with Gasteiger partial charge in [0.05, 0.1) is 4.92 Å². The summed E-state index contributed by atoms with van der Waals surface area (Å²) in [5.74, 6) is 0.215. The molecule has 98 valence electrons.